The Balaban J connectivity index is 1.97. The molecular weight excluding hydrogens is 428 g/mol. The van der Waals surface area contributed by atoms with E-state index in [0.29, 0.717) is 24.6 Å². The van der Waals surface area contributed by atoms with Gasteiger partial charge in [0.05, 0.1) is 19.3 Å². The van der Waals surface area contributed by atoms with Crippen LogP contribution >= 0.6 is 20.4 Å². The second-order valence-electron chi connectivity index (χ2n) is 7.29. The fourth-order valence-corrected chi connectivity index (χ4v) is 4.35. The number of rotatable bonds is 14. The van der Waals surface area contributed by atoms with Crippen LogP contribution in [0.3, 0.4) is 0 Å². The molecule has 0 radical (unpaired) electrons. The fraction of sp³-hybridized carbons (Fsp3) is 0.778. The zero-order chi connectivity index (χ0) is 23.7. The maximum absolute atomic E-state index is 12.3. The average molecular weight is 464 g/mol. The van der Waals surface area contributed by atoms with E-state index in [9.17, 15) is 9.59 Å². The largest absolute Gasteiger partial charge is 0.349 e. The second-order valence-corrected chi connectivity index (χ2v) is 9.44. The smallest absolute Gasteiger partial charge is 0.330 e. The Labute approximate surface area is 186 Å². The molecule has 1 aromatic rings. The van der Waals surface area contributed by atoms with Gasteiger partial charge in [-0.3, -0.25) is 14.3 Å². The van der Waals surface area contributed by atoms with Gasteiger partial charge in [-0.05, 0) is 40.3 Å². The highest BCUT2D eigenvalue weighted by atomic mass is 32.2. The number of ether oxygens (including phenoxy) is 1. The SMILES string of the molecule is [2H]B([3H])CSOCC1OC(n2cc(C)c(=O)[nH]c2=O)CC1OP(C)OCCCNC(C)C. The van der Waals surface area contributed by atoms with Crippen LogP contribution in [0, 0.1) is 6.92 Å². The molecule has 1 aromatic heterocycles. The zero-order valence-electron chi connectivity index (χ0n) is 20.0. The van der Waals surface area contributed by atoms with E-state index >= 15 is 0 Å². The van der Waals surface area contributed by atoms with Crippen LogP contribution < -0.4 is 16.6 Å². The van der Waals surface area contributed by atoms with Crippen molar-refractivity contribution in [2.45, 2.75) is 58.1 Å². The molecule has 0 aliphatic carbocycles. The molecule has 4 unspecified atom stereocenters. The van der Waals surface area contributed by atoms with Gasteiger partial charge < -0.3 is 23.3 Å². The van der Waals surface area contributed by atoms with Gasteiger partial charge >= 0.3 is 5.69 Å². The first-order valence-electron chi connectivity index (χ1n) is 11.2. The Bertz CT molecular complexity index is 818. The number of aryl methyl sites for hydroxylation is 1. The Morgan fingerprint density at radius 2 is 2.40 bits per heavy atom. The highest BCUT2D eigenvalue weighted by molar-refractivity contribution is 7.95. The molecule has 0 spiro atoms. The third-order valence-corrected chi connectivity index (χ3v) is 6.00. The molecule has 0 aromatic carbocycles. The molecule has 9 nitrogen and oxygen atoms in total. The molecule has 0 saturated carbocycles. The normalized spacial score (nSPS) is 23.4. The van der Waals surface area contributed by atoms with Crippen LogP contribution in [-0.2, 0) is 18.0 Å². The molecule has 1 saturated heterocycles. The summed E-state index contributed by atoms with van der Waals surface area (Å²) in [6.07, 6.45) is 1.31. The maximum Gasteiger partial charge on any atom is 0.330 e. The van der Waals surface area contributed by atoms with Gasteiger partial charge in [-0.15, -0.1) is 0 Å². The summed E-state index contributed by atoms with van der Waals surface area (Å²) in [5.41, 5.74) is -0.340. The van der Waals surface area contributed by atoms with Gasteiger partial charge in [-0.2, -0.15) is 0 Å². The fourth-order valence-electron chi connectivity index (χ4n) is 2.97. The number of H-pyrrole nitrogens is 1. The molecule has 1 aliphatic heterocycles. The van der Waals surface area contributed by atoms with Crippen LogP contribution in [0.1, 0.15) is 38.5 Å². The molecular formula is C18H33BN3O6PS. The molecule has 2 rings (SSSR count). The quantitative estimate of drug-likeness (QED) is 0.183. The first-order valence-corrected chi connectivity index (χ1v) is 12.5. The van der Waals surface area contributed by atoms with Crippen molar-refractivity contribution < 1.29 is 18.0 Å². The lowest BCUT2D eigenvalue weighted by Gasteiger charge is -2.22. The number of hydrogen-bond acceptors (Lipinski definition) is 8. The van der Waals surface area contributed by atoms with Crippen LogP contribution in [-0.4, -0.2) is 70.3 Å². The summed E-state index contributed by atoms with van der Waals surface area (Å²) in [4.78, 5) is 26.3. The molecule has 1 aliphatic rings. The van der Waals surface area contributed by atoms with E-state index in [2.05, 4.69) is 24.1 Å². The predicted molar refractivity (Wildman–Crippen MR) is 123 cm³/mol. The number of aromatic amines is 1. The van der Waals surface area contributed by atoms with E-state index in [1.165, 1.54) is 10.8 Å². The minimum absolute atomic E-state index is 0.178. The van der Waals surface area contributed by atoms with E-state index in [1.54, 1.807) is 6.92 Å². The highest BCUT2D eigenvalue weighted by Gasteiger charge is 2.39. The molecule has 2 heterocycles. The molecule has 2 N–H and O–H groups in total. The molecule has 1 fully saturated rings. The van der Waals surface area contributed by atoms with Crippen molar-refractivity contribution in [1.82, 2.24) is 14.9 Å². The highest BCUT2D eigenvalue weighted by Crippen LogP contribution is 2.41. The summed E-state index contributed by atoms with van der Waals surface area (Å²) < 4.78 is 39.4. The Morgan fingerprint density at radius 1 is 1.60 bits per heavy atom. The number of hydrogen-bond donors (Lipinski definition) is 2. The van der Waals surface area contributed by atoms with E-state index < -0.39 is 39.7 Å². The summed E-state index contributed by atoms with van der Waals surface area (Å²) >= 11 is 1.04. The maximum atomic E-state index is 12.3. The van der Waals surface area contributed by atoms with Crippen molar-refractivity contribution in [2.75, 3.05) is 32.1 Å². The second kappa shape index (κ2) is 13.0. The lowest BCUT2D eigenvalue weighted by molar-refractivity contribution is -0.0344. The van der Waals surface area contributed by atoms with Gasteiger partial charge in [-0.25, -0.2) is 4.79 Å². The molecule has 12 heteroatoms. The zero-order valence-corrected chi connectivity index (χ0v) is 19.7. The Hall–Kier alpha value is -0.675. The van der Waals surface area contributed by atoms with Crippen LogP contribution in [0.2, 0.25) is 0 Å². The summed E-state index contributed by atoms with van der Waals surface area (Å²) in [5.74, 6) is 0. The van der Waals surface area contributed by atoms with Crippen LogP contribution in [0.5, 0.6) is 0 Å². The predicted octanol–water partition coefficient (Wildman–Crippen LogP) is 1.12. The van der Waals surface area contributed by atoms with Crippen molar-refractivity contribution in [3.8, 4) is 0 Å². The van der Waals surface area contributed by atoms with Gasteiger partial charge in [0, 0.05) is 30.9 Å². The summed E-state index contributed by atoms with van der Waals surface area (Å²) in [7, 11) is -2.14. The lowest BCUT2D eigenvalue weighted by atomic mass is 10.2. The van der Waals surface area contributed by atoms with Crippen LogP contribution in [0.4, 0.5) is 0 Å². The van der Waals surface area contributed by atoms with Crippen molar-refractivity contribution in [2.24, 2.45) is 0 Å². The molecule has 0 bridgehead atoms. The van der Waals surface area contributed by atoms with Gasteiger partial charge in [0.1, 0.15) is 20.1 Å². The van der Waals surface area contributed by atoms with E-state index in [1.807, 2.05) is 6.66 Å². The van der Waals surface area contributed by atoms with Crippen molar-refractivity contribution in [3.05, 3.63) is 32.6 Å². The lowest BCUT2D eigenvalue weighted by Crippen LogP contribution is -2.33. The van der Waals surface area contributed by atoms with Crippen molar-refractivity contribution in [3.63, 3.8) is 0 Å². The third kappa shape index (κ3) is 8.11. The average Bonchev–Trinajstić information content (AvgIpc) is 3.09. The summed E-state index contributed by atoms with van der Waals surface area (Å²) in [5, 5.41) is 3.34. The minimum Gasteiger partial charge on any atom is -0.349 e. The van der Waals surface area contributed by atoms with E-state index in [0.717, 1.165) is 25.0 Å². The Kier molecular flexibility index (Phi) is 9.76. The standard InChI is InChI=1S/C18H33BN3O6PS/c1-12(2)20-6-5-7-25-29(4)28-14-8-16(27-15(14)10-26-30-11-19)22-9-13(3)17(23)21-18(22)24/h9,12,14-16,20H,5-8,10-11,19H2,1-4H3,(H,21,23,24)/i19TD. The number of aromatic nitrogens is 2. The minimum atomic E-state index is -1.16. The molecule has 170 valence electrons. The third-order valence-electron chi connectivity index (χ3n) is 4.45. The van der Waals surface area contributed by atoms with Gasteiger partial charge in [0.25, 0.3) is 5.56 Å². The first-order chi connectivity index (χ1) is 15.2. The molecule has 30 heavy (non-hydrogen) atoms. The monoisotopic (exact) mass is 464 g/mol. The summed E-state index contributed by atoms with van der Waals surface area (Å²) in [6, 6.07) is 0.431. The van der Waals surface area contributed by atoms with Crippen molar-refractivity contribution in [1.29, 1.82) is 2.67 Å². The Morgan fingerprint density at radius 3 is 3.13 bits per heavy atom. The number of nitrogens with zero attached hydrogens (tertiary/aromatic N) is 1. The van der Waals surface area contributed by atoms with Crippen LogP contribution in [0.25, 0.3) is 0 Å². The van der Waals surface area contributed by atoms with E-state index in [4.69, 9.17) is 20.6 Å². The first kappa shape index (κ1) is 22.5. The topological polar surface area (TPSA) is 104 Å². The molecule has 0 amide bonds. The molecule has 4 atom stereocenters. The van der Waals surface area contributed by atoms with Gasteiger partial charge in [0.15, 0.2) is 8.38 Å². The van der Waals surface area contributed by atoms with E-state index in [-0.39, 0.29) is 18.4 Å². The van der Waals surface area contributed by atoms with Gasteiger partial charge in [-0.1, -0.05) is 13.8 Å². The van der Waals surface area contributed by atoms with Crippen LogP contribution in [0.15, 0.2) is 15.8 Å². The van der Waals surface area contributed by atoms with Crippen molar-refractivity contribution >= 4 is 28.2 Å². The summed E-state index contributed by atoms with van der Waals surface area (Å²) in [6.45, 7) is 9.31. The number of nitrogens with one attached hydrogen (secondary N) is 2. The van der Waals surface area contributed by atoms with Gasteiger partial charge in [0.2, 0.25) is 0 Å².